The summed E-state index contributed by atoms with van der Waals surface area (Å²) in [5.74, 6) is 0.488. The molecule has 2 aliphatic rings. The average Bonchev–Trinajstić information content (AvgIpc) is 2.90. The topological polar surface area (TPSA) is 73.8 Å². The van der Waals surface area contributed by atoms with Crippen molar-refractivity contribution in [1.29, 1.82) is 0 Å². The second-order valence-corrected chi connectivity index (χ2v) is 10.6. The molecule has 3 aromatic rings. The minimum atomic E-state index is -0.342. The summed E-state index contributed by atoms with van der Waals surface area (Å²) >= 11 is 13.8. The van der Waals surface area contributed by atoms with E-state index >= 15 is 0 Å². The van der Waals surface area contributed by atoms with Gasteiger partial charge in [0, 0.05) is 29.2 Å². The highest BCUT2D eigenvalue weighted by Gasteiger charge is 2.37. The van der Waals surface area contributed by atoms with Gasteiger partial charge in [0.05, 0.1) is 27.4 Å². The maximum atomic E-state index is 13.6. The van der Waals surface area contributed by atoms with Crippen LogP contribution in [0.4, 0.5) is 11.4 Å². The largest absolute Gasteiger partial charge is 0.340 e. The molecule has 3 aromatic carbocycles. The number of allylic oxidation sites excluding steroid dienone is 1. The zero-order chi connectivity index (χ0) is 25.9. The first-order chi connectivity index (χ1) is 17.9. The Morgan fingerprint density at radius 1 is 0.919 bits per heavy atom. The molecule has 2 heterocycles. The van der Waals surface area contributed by atoms with E-state index in [0.29, 0.717) is 32.6 Å². The lowest BCUT2D eigenvalue weighted by Crippen LogP contribution is -2.43. The molecule has 2 N–H and O–H groups in total. The molecule has 188 valence electrons. The number of aliphatic imine (C=N–C) groups is 1. The number of benzene rings is 3. The summed E-state index contributed by atoms with van der Waals surface area (Å²) in [6.07, 6.45) is 0.987. The highest BCUT2D eigenvalue weighted by Crippen LogP contribution is 2.40. The molecule has 0 saturated carbocycles. The normalized spacial score (nSPS) is 17.1. The van der Waals surface area contributed by atoms with Crippen LogP contribution in [0.1, 0.15) is 35.3 Å². The van der Waals surface area contributed by atoms with Crippen molar-refractivity contribution in [3.63, 3.8) is 0 Å². The number of carbonyl (C=O) groups is 2. The molecule has 0 bridgehead atoms. The second-order valence-electron chi connectivity index (χ2n) is 8.72. The van der Waals surface area contributed by atoms with Gasteiger partial charge < -0.3 is 15.5 Å². The van der Waals surface area contributed by atoms with Crippen LogP contribution in [0.15, 0.2) is 89.1 Å². The number of nitrogens with zero attached hydrogens (tertiary/aromatic N) is 2. The van der Waals surface area contributed by atoms with E-state index in [0.717, 1.165) is 35.1 Å². The van der Waals surface area contributed by atoms with Gasteiger partial charge in [-0.25, -0.2) is 4.99 Å². The maximum Gasteiger partial charge on any atom is 0.255 e. The average molecular weight is 551 g/mol. The minimum absolute atomic E-state index is 0.197. The predicted molar refractivity (Wildman–Crippen MR) is 153 cm³/mol. The molecule has 0 aliphatic carbocycles. The van der Waals surface area contributed by atoms with Gasteiger partial charge in [-0.05, 0) is 61.4 Å². The smallest absolute Gasteiger partial charge is 0.255 e. The van der Waals surface area contributed by atoms with Gasteiger partial charge in [-0.2, -0.15) is 0 Å². The Kier molecular flexibility index (Phi) is 7.55. The van der Waals surface area contributed by atoms with Gasteiger partial charge >= 0.3 is 0 Å². The fraction of sp³-hybridized carbons (Fsp3) is 0.179. The Bertz CT molecular complexity index is 1420. The molecule has 1 saturated heterocycles. The van der Waals surface area contributed by atoms with Crippen molar-refractivity contribution < 1.29 is 9.59 Å². The van der Waals surface area contributed by atoms with Gasteiger partial charge in [0.2, 0.25) is 0 Å². The number of thioether (sulfide) groups is 1. The molecule has 6 nitrogen and oxygen atoms in total. The molecule has 9 heteroatoms. The van der Waals surface area contributed by atoms with E-state index in [4.69, 9.17) is 28.2 Å². The fourth-order valence-corrected chi connectivity index (χ4v) is 5.77. The number of anilines is 2. The van der Waals surface area contributed by atoms with E-state index < -0.39 is 0 Å². The van der Waals surface area contributed by atoms with Crippen LogP contribution in [0, 0.1) is 0 Å². The van der Waals surface area contributed by atoms with Crippen LogP contribution in [-0.2, 0) is 4.79 Å². The summed E-state index contributed by atoms with van der Waals surface area (Å²) in [5.41, 5.74) is 3.89. The first-order valence-electron chi connectivity index (χ1n) is 11.8. The Morgan fingerprint density at radius 3 is 2.46 bits per heavy atom. The summed E-state index contributed by atoms with van der Waals surface area (Å²) < 4.78 is 0. The van der Waals surface area contributed by atoms with Crippen molar-refractivity contribution in [3.8, 4) is 0 Å². The number of amides is 2. The molecule has 0 aromatic heterocycles. The number of nitrogens with one attached hydrogen (secondary N) is 2. The number of halogens is 2. The molecule has 0 spiro atoms. The van der Waals surface area contributed by atoms with Crippen LogP contribution in [0.3, 0.4) is 0 Å². The number of hydrogen-bond acceptors (Lipinski definition) is 5. The summed E-state index contributed by atoms with van der Waals surface area (Å²) in [5, 5.41) is 7.58. The standard InChI is InChI=1S/C28H24Cl2N4O2S/c1-17-24(27(36)32-20-8-3-2-4-9-20)25(34-13-6-14-37-28(34)31-17)18-7-5-10-21(15-18)33-26(35)19-11-12-22(29)23(30)16-19/h2-5,7-12,15-16,25H,6,13-14H2,1H3,(H,32,36)(H,33,35). The third-order valence-corrected chi connectivity index (χ3v) is 7.99. The van der Waals surface area contributed by atoms with Gasteiger partial charge in [-0.15, -0.1) is 0 Å². The predicted octanol–water partition coefficient (Wildman–Crippen LogP) is 7.01. The molecule has 37 heavy (non-hydrogen) atoms. The van der Waals surface area contributed by atoms with E-state index in [-0.39, 0.29) is 17.9 Å². The van der Waals surface area contributed by atoms with Crippen LogP contribution >= 0.6 is 35.0 Å². The van der Waals surface area contributed by atoms with Gasteiger partial charge in [-0.3, -0.25) is 9.59 Å². The lowest BCUT2D eigenvalue weighted by molar-refractivity contribution is -0.113. The summed E-state index contributed by atoms with van der Waals surface area (Å²) in [6.45, 7) is 2.66. The molecule has 5 rings (SSSR count). The van der Waals surface area contributed by atoms with E-state index in [2.05, 4.69) is 15.5 Å². The lowest BCUT2D eigenvalue weighted by Gasteiger charge is -2.41. The summed E-state index contributed by atoms with van der Waals surface area (Å²) in [7, 11) is 0. The third-order valence-electron chi connectivity index (χ3n) is 6.18. The first kappa shape index (κ1) is 25.4. The van der Waals surface area contributed by atoms with E-state index in [1.54, 1.807) is 23.9 Å². The highest BCUT2D eigenvalue weighted by atomic mass is 35.5. The number of para-hydroxylation sites is 1. The number of fused-ring (bicyclic) bond motifs is 1. The quantitative estimate of drug-likeness (QED) is 0.358. The molecule has 1 fully saturated rings. The number of hydrogen-bond donors (Lipinski definition) is 2. The van der Waals surface area contributed by atoms with Crippen molar-refractivity contribution in [3.05, 3.63) is 105 Å². The van der Waals surface area contributed by atoms with Gasteiger partial charge in [0.1, 0.15) is 0 Å². The van der Waals surface area contributed by atoms with Crippen LogP contribution in [0.5, 0.6) is 0 Å². The molecule has 0 radical (unpaired) electrons. The Morgan fingerprint density at radius 2 is 1.68 bits per heavy atom. The maximum absolute atomic E-state index is 13.6. The molecular formula is C28H24Cl2N4O2S. The lowest BCUT2D eigenvalue weighted by atomic mass is 9.93. The van der Waals surface area contributed by atoms with Crippen LogP contribution in [-0.4, -0.2) is 34.2 Å². The Labute approximate surface area is 229 Å². The number of rotatable bonds is 5. The molecular weight excluding hydrogens is 527 g/mol. The monoisotopic (exact) mass is 550 g/mol. The fourth-order valence-electron chi connectivity index (χ4n) is 4.45. The van der Waals surface area contributed by atoms with Crippen LogP contribution in [0.2, 0.25) is 10.0 Å². The molecule has 2 aliphatic heterocycles. The molecule has 2 amide bonds. The SMILES string of the molecule is CC1=C(C(=O)Nc2ccccc2)C(c2cccc(NC(=O)c3ccc(Cl)c(Cl)c3)c2)N2CCCSC2=N1. The zero-order valence-electron chi connectivity index (χ0n) is 20.0. The van der Waals surface area contributed by atoms with Gasteiger partial charge in [0.15, 0.2) is 5.17 Å². The first-order valence-corrected chi connectivity index (χ1v) is 13.6. The molecule has 1 unspecified atom stereocenters. The second kappa shape index (κ2) is 11.0. The van der Waals surface area contributed by atoms with Gasteiger partial charge in [-0.1, -0.05) is 65.3 Å². The molecule has 1 atom stereocenters. The van der Waals surface area contributed by atoms with E-state index in [1.165, 1.54) is 6.07 Å². The summed E-state index contributed by atoms with van der Waals surface area (Å²) in [6, 6.07) is 21.4. The summed E-state index contributed by atoms with van der Waals surface area (Å²) in [4.78, 5) is 33.4. The van der Waals surface area contributed by atoms with Crippen molar-refractivity contribution in [2.45, 2.75) is 19.4 Å². The Balaban J connectivity index is 1.48. The van der Waals surface area contributed by atoms with Crippen LogP contribution < -0.4 is 10.6 Å². The third kappa shape index (κ3) is 5.54. The van der Waals surface area contributed by atoms with E-state index in [9.17, 15) is 9.59 Å². The van der Waals surface area contributed by atoms with Crippen molar-refractivity contribution in [2.24, 2.45) is 4.99 Å². The number of carbonyl (C=O) groups excluding carboxylic acids is 2. The van der Waals surface area contributed by atoms with Gasteiger partial charge in [0.25, 0.3) is 11.8 Å². The minimum Gasteiger partial charge on any atom is -0.340 e. The van der Waals surface area contributed by atoms with Crippen molar-refractivity contribution in [2.75, 3.05) is 22.9 Å². The number of amidine groups is 1. The highest BCUT2D eigenvalue weighted by molar-refractivity contribution is 8.13. The zero-order valence-corrected chi connectivity index (χ0v) is 22.3. The van der Waals surface area contributed by atoms with E-state index in [1.807, 2.05) is 61.5 Å². The Hall–Kier alpha value is -3.26. The van der Waals surface area contributed by atoms with Crippen LogP contribution in [0.25, 0.3) is 0 Å². The van der Waals surface area contributed by atoms with Crippen molar-refractivity contribution >= 4 is 63.3 Å². The van der Waals surface area contributed by atoms with Crippen molar-refractivity contribution in [1.82, 2.24) is 4.90 Å².